The van der Waals surface area contributed by atoms with Crippen LogP contribution in [-0.4, -0.2) is 47.1 Å². The van der Waals surface area contributed by atoms with Crippen LogP contribution in [0, 0.1) is 17.8 Å². The highest BCUT2D eigenvalue weighted by molar-refractivity contribution is 5.89. The summed E-state index contributed by atoms with van der Waals surface area (Å²) in [5, 5.41) is 6.41. The molecule has 2 atom stereocenters. The molecule has 0 radical (unpaired) electrons. The zero-order valence-electron chi connectivity index (χ0n) is 14.2. The molecule has 6 nitrogen and oxygen atoms in total. The highest BCUT2D eigenvalue weighted by Gasteiger charge is 2.31. The molecule has 3 heterocycles. The van der Waals surface area contributed by atoms with Gasteiger partial charge in [-0.15, -0.1) is 0 Å². The third-order valence-electron chi connectivity index (χ3n) is 5.63. The average molecular weight is 329 g/mol. The number of aromatic nitrogens is 2. The first-order chi connectivity index (χ1) is 11.8. The summed E-state index contributed by atoms with van der Waals surface area (Å²) >= 11 is 0. The van der Waals surface area contributed by atoms with Crippen molar-refractivity contribution in [2.24, 2.45) is 17.8 Å². The number of rotatable bonds is 4. The molecule has 1 saturated carbocycles. The molecule has 0 spiro atoms. The Labute approximate surface area is 143 Å². The summed E-state index contributed by atoms with van der Waals surface area (Å²) in [6.45, 7) is 3.95. The van der Waals surface area contributed by atoms with Crippen LogP contribution in [-0.2, 0) is 6.42 Å². The predicted molar refractivity (Wildman–Crippen MR) is 92.8 cm³/mol. The molecule has 130 valence electrons. The molecular weight excluding hydrogens is 302 g/mol. The van der Waals surface area contributed by atoms with E-state index in [1.165, 1.54) is 25.7 Å². The molecule has 0 bridgehead atoms. The quantitative estimate of drug-likeness (QED) is 0.889. The van der Waals surface area contributed by atoms with E-state index in [1.54, 1.807) is 12.4 Å². The number of nitrogens with zero attached hydrogens (tertiary/aromatic N) is 3. The smallest absolute Gasteiger partial charge is 0.321 e. The number of likely N-dealkylation sites (tertiary alicyclic amines) is 1. The van der Waals surface area contributed by atoms with E-state index in [-0.39, 0.29) is 6.03 Å². The van der Waals surface area contributed by atoms with Gasteiger partial charge in [-0.3, -0.25) is 0 Å². The van der Waals surface area contributed by atoms with Gasteiger partial charge < -0.3 is 15.5 Å². The maximum absolute atomic E-state index is 12.5. The van der Waals surface area contributed by atoms with Crippen LogP contribution in [0.4, 0.5) is 10.5 Å². The zero-order chi connectivity index (χ0) is 16.4. The van der Waals surface area contributed by atoms with Gasteiger partial charge in [-0.2, -0.15) is 0 Å². The number of carbonyl (C=O) groups is 1. The maximum atomic E-state index is 12.5. The number of hydrogen-bond donors (Lipinski definition) is 2. The summed E-state index contributed by atoms with van der Waals surface area (Å²) in [4.78, 5) is 23.3. The fraction of sp³-hybridized carbons (Fsp3) is 0.722. The fourth-order valence-electron chi connectivity index (χ4n) is 3.97. The van der Waals surface area contributed by atoms with E-state index in [4.69, 9.17) is 0 Å². The van der Waals surface area contributed by atoms with Crippen LogP contribution in [0.1, 0.15) is 37.9 Å². The Hall–Kier alpha value is -1.69. The predicted octanol–water partition coefficient (Wildman–Crippen LogP) is 2.28. The van der Waals surface area contributed by atoms with E-state index in [2.05, 4.69) is 20.6 Å². The first-order valence-electron chi connectivity index (χ1n) is 9.35. The molecule has 2 aliphatic heterocycles. The lowest BCUT2D eigenvalue weighted by molar-refractivity contribution is 0.154. The van der Waals surface area contributed by atoms with E-state index < -0.39 is 0 Å². The zero-order valence-corrected chi connectivity index (χ0v) is 14.2. The molecule has 1 aliphatic carbocycles. The van der Waals surface area contributed by atoms with Gasteiger partial charge in [0, 0.05) is 19.5 Å². The molecule has 4 rings (SSSR count). The summed E-state index contributed by atoms with van der Waals surface area (Å²) in [5.41, 5.74) is 0.698. The average Bonchev–Trinajstić information content (AvgIpc) is 3.25. The number of carbonyl (C=O) groups excluding carboxylic acids is 1. The Morgan fingerprint density at radius 1 is 1.21 bits per heavy atom. The first kappa shape index (κ1) is 15.8. The minimum absolute atomic E-state index is 0.0100. The van der Waals surface area contributed by atoms with E-state index >= 15 is 0 Å². The van der Waals surface area contributed by atoms with Gasteiger partial charge in [0.25, 0.3) is 0 Å². The van der Waals surface area contributed by atoms with Crippen molar-refractivity contribution >= 4 is 11.7 Å². The molecule has 1 aromatic heterocycles. The van der Waals surface area contributed by atoms with Crippen molar-refractivity contribution in [3.63, 3.8) is 0 Å². The summed E-state index contributed by atoms with van der Waals surface area (Å²) in [6.07, 6.45) is 10.6. The van der Waals surface area contributed by atoms with Gasteiger partial charge >= 0.3 is 6.03 Å². The van der Waals surface area contributed by atoms with Gasteiger partial charge in [-0.1, -0.05) is 0 Å². The van der Waals surface area contributed by atoms with Crippen molar-refractivity contribution in [2.45, 2.75) is 38.5 Å². The fourth-order valence-corrected chi connectivity index (χ4v) is 3.97. The minimum Gasteiger partial charge on any atom is -0.324 e. The van der Waals surface area contributed by atoms with Crippen molar-refractivity contribution in [1.29, 1.82) is 0 Å². The Balaban J connectivity index is 1.31. The first-order valence-corrected chi connectivity index (χ1v) is 9.35. The number of piperidine rings is 1. The third-order valence-corrected chi connectivity index (χ3v) is 5.63. The molecule has 3 fully saturated rings. The van der Waals surface area contributed by atoms with Crippen LogP contribution in [0.15, 0.2) is 12.4 Å². The molecular formula is C18H27N5O. The van der Waals surface area contributed by atoms with Crippen molar-refractivity contribution in [3.05, 3.63) is 18.2 Å². The van der Waals surface area contributed by atoms with Gasteiger partial charge in [-0.25, -0.2) is 14.8 Å². The summed E-state index contributed by atoms with van der Waals surface area (Å²) < 4.78 is 0. The van der Waals surface area contributed by atoms with Crippen LogP contribution < -0.4 is 10.6 Å². The standard InChI is InChI=1S/C18H27N5O/c24-18(22-16-10-20-17(21-11-16)8-13-3-4-13)23-7-1-2-15(12-23)14-5-6-19-9-14/h10-11,13-15,19H,1-9,12H2,(H,22,24). The van der Waals surface area contributed by atoms with E-state index in [0.717, 1.165) is 56.7 Å². The topological polar surface area (TPSA) is 70.2 Å². The second-order valence-corrected chi connectivity index (χ2v) is 7.57. The lowest BCUT2D eigenvalue weighted by atomic mass is 9.85. The lowest BCUT2D eigenvalue weighted by Gasteiger charge is -2.35. The SMILES string of the molecule is O=C(Nc1cnc(CC2CC2)nc1)N1CCCC(C2CCNC2)C1. The summed E-state index contributed by atoms with van der Waals surface area (Å²) in [7, 11) is 0. The maximum Gasteiger partial charge on any atom is 0.321 e. The van der Waals surface area contributed by atoms with E-state index in [0.29, 0.717) is 11.6 Å². The van der Waals surface area contributed by atoms with Crippen molar-refractivity contribution in [3.8, 4) is 0 Å². The van der Waals surface area contributed by atoms with Crippen LogP contribution in [0.2, 0.25) is 0 Å². The van der Waals surface area contributed by atoms with Crippen LogP contribution in [0.25, 0.3) is 0 Å². The van der Waals surface area contributed by atoms with Gasteiger partial charge in [0.05, 0.1) is 18.1 Å². The van der Waals surface area contributed by atoms with Crippen molar-refractivity contribution in [2.75, 3.05) is 31.5 Å². The summed E-state index contributed by atoms with van der Waals surface area (Å²) in [6, 6.07) is -0.0100. The van der Waals surface area contributed by atoms with Crippen LogP contribution in [0.5, 0.6) is 0 Å². The molecule has 3 aliphatic rings. The molecule has 0 aromatic carbocycles. The van der Waals surface area contributed by atoms with E-state index in [1.807, 2.05) is 4.90 Å². The molecule has 1 aromatic rings. The Kier molecular flexibility index (Phi) is 4.65. The molecule has 24 heavy (non-hydrogen) atoms. The molecule has 2 unspecified atom stereocenters. The molecule has 2 saturated heterocycles. The van der Waals surface area contributed by atoms with Gasteiger partial charge in [-0.05, 0) is 62.9 Å². The van der Waals surface area contributed by atoms with Gasteiger partial charge in [0.1, 0.15) is 5.82 Å². The Morgan fingerprint density at radius 3 is 2.75 bits per heavy atom. The third kappa shape index (κ3) is 3.86. The minimum atomic E-state index is -0.0100. The Bertz CT molecular complexity index is 565. The number of hydrogen-bond acceptors (Lipinski definition) is 4. The highest BCUT2D eigenvalue weighted by atomic mass is 16.2. The van der Waals surface area contributed by atoms with E-state index in [9.17, 15) is 4.79 Å². The Morgan fingerprint density at radius 2 is 2.04 bits per heavy atom. The summed E-state index contributed by atoms with van der Waals surface area (Å²) in [5.74, 6) is 3.03. The number of anilines is 1. The van der Waals surface area contributed by atoms with Crippen molar-refractivity contribution < 1.29 is 4.79 Å². The largest absolute Gasteiger partial charge is 0.324 e. The lowest BCUT2D eigenvalue weighted by Crippen LogP contribution is -2.44. The van der Waals surface area contributed by atoms with Gasteiger partial charge in [0.2, 0.25) is 0 Å². The second kappa shape index (κ2) is 7.05. The molecule has 6 heteroatoms. The second-order valence-electron chi connectivity index (χ2n) is 7.57. The highest BCUT2D eigenvalue weighted by Crippen LogP contribution is 2.31. The van der Waals surface area contributed by atoms with Crippen molar-refractivity contribution in [1.82, 2.24) is 20.2 Å². The number of amides is 2. The van der Waals surface area contributed by atoms with Crippen LogP contribution >= 0.6 is 0 Å². The van der Waals surface area contributed by atoms with Gasteiger partial charge in [0.15, 0.2) is 0 Å². The van der Waals surface area contributed by atoms with Crippen LogP contribution in [0.3, 0.4) is 0 Å². The molecule has 2 amide bonds. The molecule has 2 N–H and O–H groups in total. The normalized spacial score (nSPS) is 27.2. The number of urea groups is 1. The number of nitrogens with one attached hydrogen (secondary N) is 2. The monoisotopic (exact) mass is 329 g/mol.